The number of ketones is 1. The summed E-state index contributed by atoms with van der Waals surface area (Å²) in [4.78, 5) is 48.2. The van der Waals surface area contributed by atoms with Crippen LogP contribution in [0.15, 0.2) is 35.4 Å². The van der Waals surface area contributed by atoms with Crippen molar-refractivity contribution in [2.45, 2.75) is 44.3 Å². The van der Waals surface area contributed by atoms with Crippen LogP contribution in [0.4, 0.5) is 4.39 Å². The van der Waals surface area contributed by atoms with Gasteiger partial charge in [0, 0.05) is 55.6 Å². The van der Waals surface area contributed by atoms with Crippen molar-refractivity contribution in [1.82, 2.24) is 4.90 Å². The average Bonchev–Trinajstić information content (AvgIpc) is 3.59. The molecule has 2 unspecified atom stereocenters. The first-order chi connectivity index (χ1) is 20.1. The Labute approximate surface area is 245 Å². The monoisotopic (exact) mass is 605 g/mol. The Morgan fingerprint density at radius 2 is 1.62 bits per heavy atom. The number of hydrogen-bond donors (Lipinski definition) is 2. The maximum absolute atomic E-state index is 15.4. The molecule has 1 aromatic heterocycles. The number of carboxylic acid groups (broad SMARTS) is 2. The zero-order chi connectivity index (χ0) is 30.4. The third-order valence-electron chi connectivity index (χ3n) is 6.96. The van der Waals surface area contributed by atoms with E-state index < -0.39 is 23.9 Å². The normalized spacial score (nSPS) is 17.9. The van der Waals surface area contributed by atoms with Crippen molar-refractivity contribution >= 4 is 45.1 Å². The minimum absolute atomic E-state index is 0.0552. The largest absolute Gasteiger partial charge is 0.493 e. The number of carboxylic acids is 2. The molecule has 1 aliphatic carbocycles. The molecule has 0 saturated carbocycles. The van der Waals surface area contributed by atoms with Crippen LogP contribution in [-0.2, 0) is 23.9 Å². The number of carbonyl (C=O) groups is 4. The second-order valence-corrected chi connectivity index (χ2v) is 10.9. The van der Waals surface area contributed by atoms with Gasteiger partial charge in [0.15, 0.2) is 23.1 Å². The number of aliphatic carboxylic acids is 2. The van der Waals surface area contributed by atoms with Crippen LogP contribution in [0, 0.1) is 5.82 Å². The lowest BCUT2D eigenvalue weighted by Crippen LogP contribution is -2.31. The molecule has 1 amide bonds. The minimum atomic E-state index is -1.08. The summed E-state index contributed by atoms with van der Waals surface area (Å²) < 4.78 is 38.5. The predicted molar refractivity (Wildman–Crippen MR) is 150 cm³/mol. The van der Waals surface area contributed by atoms with Crippen molar-refractivity contribution in [2.24, 2.45) is 0 Å². The van der Waals surface area contributed by atoms with Gasteiger partial charge in [-0.2, -0.15) is 0 Å². The van der Waals surface area contributed by atoms with Gasteiger partial charge in [-0.15, -0.1) is 11.3 Å². The van der Waals surface area contributed by atoms with Crippen LogP contribution in [0.25, 0.3) is 10.1 Å². The van der Waals surface area contributed by atoms with E-state index >= 15 is 4.39 Å². The molecule has 1 aromatic carbocycles. The summed E-state index contributed by atoms with van der Waals surface area (Å²) in [5.41, 5.74) is 1.89. The van der Waals surface area contributed by atoms with Gasteiger partial charge in [0.2, 0.25) is 5.91 Å². The Morgan fingerprint density at radius 1 is 0.952 bits per heavy atom. The fraction of sp³-hybridized carbons (Fsp3) is 0.448. The molecule has 2 atom stereocenters. The number of fused-ring (bicyclic) bond motifs is 2. The van der Waals surface area contributed by atoms with Crippen LogP contribution < -0.4 is 9.47 Å². The molecule has 0 bridgehead atoms. The molecule has 4 rings (SSSR count). The van der Waals surface area contributed by atoms with Gasteiger partial charge in [0.05, 0.1) is 38.0 Å². The Bertz CT molecular complexity index is 1430. The molecule has 42 heavy (non-hydrogen) atoms. The van der Waals surface area contributed by atoms with Gasteiger partial charge in [-0.1, -0.05) is 0 Å². The van der Waals surface area contributed by atoms with Crippen LogP contribution in [0.3, 0.4) is 0 Å². The highest BCUT2D eigenvalue weighted by Gasteiger charge is 2.33. The van der Waals surface area contributed by atoms with Crippen molar-refractivity contribution in [3.8, 4) is 11.5 Å². The number of ether oxygens (including phenoxy) is 4. The van der Waals surface area contributed by atoms with E-state index in [0.717, 1.165) is 22.5 Å². The molecule has 1 fully saturated rings. The van der Waals surface area contributed by atoms with Crippen LogP contribution in [0.1, 0.15) is 41.8 Å². The summed E-state index contributed by atoms with van der Waals surface area (Å²) in [6.45, 7) is 1.15. The maximum Gasteiger partial charge on any atom is 0.303 e. The van der Waals surface area contributed by atoms with Gasteiger partial charge in [0.1, 0.15) is 12.2 Å². The summed E-state index contributed by atoms with van der Waals surface area (Å²) >= 11 is 1.07. The number of amides is 1. The summed E-state index contributed by atoms with van der Waals surface area (Å²) in [5.74, 6) is -3.28. The highest BCUT2D eigenvalue weighted by atomic mass is 32.1. The SMILES string of the molecule is COc1cc2sc(C(=O)CCC(=O)O)cc2c(F)c1OCCCOC1C=C2CN(C(=O)CCC(=O)O)CC2=CC1OC. The molecule has 0 spiro atoms. The number of methoxy groups -OCH3 is 2. The quantitative estimate of drug-likeness (QED) is 0.227. The summed E-state index contributed by atoms with van der Waals surface area (Å²) in [7, 11) is 2.95. The number of halogens is 1. The number of rotatable bonds is 15. The van der Waals surface area contributed by atoms with E-state index in [2.05, 4.69) is 0 Å². The van der Waals surface area contributed by atoms with Crippen molar-refractivity contribution in [3.63, 3.8) is 0 Å². The summed E-state index contributed by atoms with van der Waals surface area (Å²) in [6.07, 6.45) is 2.71. The Hall–Kier alpha value is -3.81. The predicted octanol–water partition coefficient (Wildman–Crippen LogP) is 3.84. The average molecular weight is 606 g/mol. The van der Waals surface area contributed by atoms with Crippen LogP contribution in [0.5, 0.6) is 11.5 Å². The number of benzene rings is 1. The first kappa shape index (κ1) is 31.1. The summed E-state index contributed by atoms with van der Waals surface area (Å²) in [5, 5.41) is 17.9. The van der Waals surface area contributed by atoms with Crippen molar-refractivity contribution < 1.29 is 52.7 Å². The first-order valence-electron chi connectivity index (χ1n) is 13.3. The van der Waals surface area contributed by atoms with Crippen molar-refractivity contribution in [1.29, 1.82) is 0 Å². The van der Waals surface area contributed by atoms with E-state index in [-0.39, 0.29) is 78.5 Å². The number of hydrogen-bond acceptors (Lipinski definition) is 9. The van der Waals surface area contributed by atoms with Gasteiger partial charge < -0.3 is 34.1 Å². The van der Waals surface area contributed by atoms with Crippen LogP contribution in [0.2, 0.25) is 0 Å². The van der Waals surface area contributed by atoms with Gasteiger partial charge in [-0.25, -0.2) is 4.39 Å². The van der Waals surface area contributed by atoms with Gasteiger partial charge in [-0.05, 0) is 29.4 Å². The second kappa shape index (κ2) is 13.9. The van der Waals surface area contributed by atoms with E-state index in [4.69, 9.17) is 29.2 Å². The molecule has 2 heterocycles. The Kier molecular flexibility index (Phi) is 10.3. The number of thiophene rings is 1. The second-order valence-electron chi connectivity index (χ2n) is 9.83. The number of Topliss-reactive ketones (excluding diaryl/α,β-unsaturated/α-hetero) is 1. The molecule has 13 heteroatoms. The number of likely N-dealkylation sites (tertiary alicyclic amines) is 1. The molecule has 226 valence electrons. The summed E-state index contributed by atoms with van der Waals surface area (Å²) in [6, 6.07) is 2.99. The number of nitrogens with zero attached hydrogens (tertiary/aromatic N) is 1. The first-order valence-corrected chi connectivity index (χ1v) is 14.2. The van der Waals surface area contributed by atoms with E-state index in [1.165, 1.54) is 13.2 Å². The lowest BCUT2D eigenvalue weighted by atomic mass is 9.96. The third-order valence-corrected chi connectivity index (χ3v) is 8.08. The molecule has 1 saturated heterocycles. The fourth-order valence-corrected chi connectivity index (χ4v) is 5.84. The van der Waals surface area contributed by atoms with Crippen molar-refractivity contribution in [2.75, 3.05) is 40.5 Å². The van der Waals surface area contributed by atoms with Gasteiger partial charge in [-0.3, -0.25) is 19.2 Å². The fourth-order valence-electron chi connectivity index (χ4n) is 4.79. The standard InChI is InChI=1S/C29H32FNO10S/c1-38-20-10-16-14-31(25(33)5-7-27(36)37)15-17(16)11-21(20)40-8-3-9-41-29-22(39-2)13-23-18(28(29)30)12-24(42-23)19(32)4-6-26(34)35/h10-13,20-21H,3-9,14-15H2,1-2H3,(H,34,35)(H,36,37). The minimum Gasteiger partial charge on any atom is -0.493 e. The Morgan fingerprint density at radius 3 is 2.26 bits per heavy atom. The zero-order valence-electron chi connectivity index (χ0n) is 23.2. The van der Waals surface area contributed by atoms with E-state index in [1.54, 1.807) is 18.1 Å². The number of carbonyl (C=O) groups excluding carboxylic acids is 2. The zero-order valence-corrected chi connectivity index (χ0v) is 24.0. The van der Waals surface area contributed by atoms with Gasteiger partial charge >= 0.3 is 11.9 Å². The third kappa shape index (κ3) is 7.33. The Balaban J connectivity index is 1.33. The van der Waals surface area contributed by atoms with Crippen LogP contribution >= 0.6 is 11.3 Å². The lowest BCUT2D eigenvalue weighted by Gasteiger charge is -2.26. The molecular formula is C29H32FNO10S. The molecule has 2 aliphatic rings. The molecule has 0 radical (unpaired) electrons. The highest BCUT2D eigenvalue weighted by molar-refractivity contribution is 7.20. The highest BCUT2D eigenvalue weighted by Crippen LogP contribution is 2.40. The lowest BCUT2D eigenvalue weighted by molar-refractivity contribution is -0.140. The van der Waals surface area contributed by atoms with E-state index in [9.17, 15) is 19.2 Å². The smallest absolute Gasteiger partial charge is 0.303 e. The molecule has 2 N–H and O–H groups in total. The topological polar surface area (TPSA) is 149 Å². The molecular weight excluding hydrogens is 573 g/mol. The van der Waals surface area contributed by atoms with E-state index in [0.29, 0.717) is 24.2 Å². The molecule has 11 nitrogen and oxygen atoms in total. The van der Waals surface area contributed by atoms with E-state index in [1.807, 2.05) is 12.2 Å². The molecule has 2 aromatic rings. The van der Waals surface area contributed by atoms with Gasteiger partial charge in [0.25, 0.3) is 0 Å². The van der Waals surface area contributed by atoms with Crippen LogP contribution in [-0.4, -0.2) is 91.5 Å². The van der Waals surface area contributed by atoms with Crippen molar-refractivity contribution in [3.05, 3.63) is 46.1 Å². The maximum atomic E-state index is 15.4. The molecule has 1 aliphatic heterocycles.